The van der Waals surface area contributed by atoms with Crippen molar-refractivity contribution in [3.05, 3.63) is 36.5 Å². The molecule has 1 aromatic carbocycles. The van der Waals surface area contributed by atoms with Gasteiger partial charge in [0, 0.05) is 7.05 Å². The number of nitrogens with zero attached hydrogens (tertiary/aromatic N) is 2. The van der Waals surface area contributed by atoms with Gasteiger partial charge in [0.25, 0.3) is 20.2 Å². The van der Waals surface area contributed by atoms with Gasteiger partial charge in [0.15, 0.2) is 5.03 Å². The Morgan fingerprint density at radius 3 is 2.24 bits per heavy atom. The van der Waals surface area contributed by atoms with Crippen molar-refractivity contribution in [1.82, 2.24) is 9.78 Å². The molecule has 1 aromatic heterocycles. The number of nitrogens with two attached hydrogens (primary N) is 1. The molecule has 0 aliphatic carbocycles. The van der Waals surface area contributed by atoms with Gasteiger partial charge in [-0.15, -0.1) is 0 Å². The summed E-state index contributed by atoms with van der Waals surface area (Å²) in [5.41, 5.74) is 0.326. The predicted octanol–water partition coefficient (Wildman–Crippen LogP) is -0.164. The third-order valence-corrected chi connectivity index (χ3v) is 4.40. The summed E-state index contributed by atoms with van der Waals surface area (Å²) in [6, 6.07) is 7.04. The van der Waals surface area contributed by atoms with E-state index >= 15 is 0 Å². The minimum Gasteiger partial charge on any atom is -0.278 e. The van der Waals surface area contributed by atoms with Gasteiger partial charge in [0.2, 0.25) is 0 Å². The highest BCUT2D eigenvalue weighted by Gasteiger charge is 2.18. The van der Waals surface area contributed by atoms with E-state index in [0.29, 0.717) is 0 Å². The van der Waals surface area contributed by atoms with Crippen LogP contribution in [0.5, 0.6) is 0 Å². The highest BCUT2D eigenvalue weighted by Crippen LogP contribution is 2.19. The maximum Gasteiger partial charge on any atom is 0.296 e. The number of sulfonamides is 1. The molecule has 0 saturated carbocycles. The summed E-state index contributed by atoms with van der Waals surface area (Å²) in [6.45, 7) is 0. The average molecular weight is 331 g/mol. The van der Waals surface area contributed by atoms with Crippen LogP contribution in [0.1, 0.15) is 0 Å². The molecule has 0 atom stereocenters. The van der Waals surface area contributed by atoms with Crippen LogP contribution >= 0.6 is 0 Å². The molecule has 2 rings (SSSR count). The highest BCUT2D eigenvalue weighted by atomic mass is 32.2. The summed E-state index contributed by atoms with van der Waals surface area (Å²) in [7, 11) is -6.25. The minimum absolute atomic E-state index is 0.0210. The van der Waals surface area contributed by atoms with Crippen LogP contribution in [0, 0.1) is 0 Å². The van der Waals surface area contributed by atoms with E-state index in [4.69, 9.17) is 5.14 Å². The topological polar surface area (TPSA) is 136 Å². The molecule has 21 heavy (non-hydrogen) atoms. The first-order valence-electron chi connectivity index (χ1n) is 5.59. The monoisotopic (exact) mass is 331 g/mol. The molecule has 0 spiro atoms. The van der Waals surface area contributed by atoms with Crippen LogP contribution < -0.4 is 14.6 Å². The number of nitrogens with one attached hydrogen (secondary N) is 2. The Balaban J connectivity index is 2.28. The summed E-state index contributed by atoms with van der Waals surface area (Å²) in [6.07, 6.45) is 1.35. The maximum atomic E-state index is 12.1. The van der Waals surface area contributed by atoms with E-state index in [1.807, 2.05) is 0 Å². The molecule has 9 nitrogen and oxygen atoms in total. The standard InChI is InChI=1S/C10H13N5O4S2/c1-15-10(5-6-12-15)20(16,17)13-8-3-2-4-9(7-8)14-21(11,18)19/h2-7,13-14H,1H3,(H2,11,18,19). The van der Waals surface area contributed by atoms with Gasteiger partial charge in [0.05, 0.1) is 17.6 Å². The van der Waals surface area contributed by atoms with E-state index in [9.17, 15) is 16.8 Å². The first-order chi connectivity index (χ1) is 9.67. The summed E-state index contributed by atoms with van der Waals surface area (Å²) in [4.78, 5) is 0. The van der Waals surface area contributed by atoms with Crippen molar-refractivity contribution >= 4 is 31.6 Å². The number of aromatic nitrogens is 2. The molecule has 0 unspecified atom stereocenters. The number of anilines is 2. The smallest absolute Gasteiger partial charge is 0.278 e. The maximum absolute atomic E-state index is 12.1. The second kappa shape index (κ2) is 5.35. The molecule has 0 amide bonds. The molecule has 0 bridgehead atoms. The van der Waals surface area contributed by atoms with Crippen molar-refractivity contribution in [2.45, 2.75) is 5.03 Å². The number of rotatable bonds is 5. The van der Waals surface area contributed by atoms with E-state index in [2.05, 4.69) is 14.5 Å². The van der Waals surface area contributed by atoms with E-state index in [1.165, 1.54) is 48.3 Å². The predicted molar refractivity (Wildman–Crippen MR) is 77.2 cm³/mol. The molecule has 114 valence electrons. The molecule has 1 heterocycles. The lowest BCUT2D eigenvalue weighted by Crippen LogP contribution is -2.22. The summed E-state index contributed by atoms with van der Waals surface area (Å²) < 4.78 is 51.8. The van der Waals surface area contributed by atoms with Gasteiger partial charge in [-0.2, -0.15) is 21.9 Å². The third kappa shape index (κ3) is 3.93. The van der Waals surface area contributed by atoms with Gasteiger partial charge in [-0.3, -0.25) is 14.1 Å². The van der Waals surface area contributed by atoms with Gasteiger partial charge in [0.1, 0.15) is 0 Å². The molecule has 0 saturated heterocycles. The zero-order chi connectivity index (χ0) is 15.7. The Bertz CT molecular complexity index is 857. The number of benzene rings is 1. The van der Waals surface area contributed by atoms with Crippen molar-refractivity contribution in [2.75, 3.05) is 9.44 Å². The van der Waals surface area contributed by atoms with Crippen LogP contribution in [0.2, 0.25) is 0 Å². The molecule has 0 aliphatic rings. The molecule has 0 fully saturated rings. The molecule has 2 aromatic rings. The van der Waals surface area contributed by atoms with Crippen molar-refractivity contribution in [1.29, 1.82) is 0 Å². The van der Waals surface area contributed by atoms with Gasteiger partial charge < -0.3 is 0 Å². The first-order valence-corrected chi connectivity index (χ1v) is 8.62. The van der Waals surface area contributed by atoms with Crippen molar-refractivity contribution in [3.8, 4) is 0 Å². The fourth-order valence-electron chi connectivity index (χ4n) is 1.64. The van der Waals surface area contributed by atoms with Crippen molar-refractivity contribution < 1.29 is 16.8 Å². The van der Waals surface area contributed by atoms with Crippen LogP contribution in [-0.2, 0) is 27.3 Å². The van der Waals surface area contributed by atoms with Crippen LogP contribution in [0.4, 0.5) is 11.4 Å². The Hall–Kier alpha value is -2.11. The van der Waals surface area contributed by atoms with Gasteiger partial charge in [-0.1, -0.05) is 6.07 Å². The Labute approximate surface area is 122 Å². The zero-order valence-electron chi connectivity index (χ0n) is 10.9. The quantitative estimate of drug-likeness (QED) is 0.699. The summed E-state index contributed by atoms with van der Waals surface area (Å²) >= 11 is 0. The van der Waals surface area contributed by atoms with E-state index in [0.717, 1.165) is 0 Å². The third-order valence-electron chi connectivity index (χ3n) is 2.43. The zero-order valence-corrected chi connectivity index (χ0v) is 12.5. The molecule has 4 N–H and O–H groups in total. The number of hydrogen-bond donors (Lipinski definition) is 3. The molecule has 0 radical (unpaired) electrons. The normalized spacial score (nSPS) is 12.1. The largest absolute Gasteiger partial charge is 0.296 e. The van der Waals surface area contributed by atoms with Crippen LogP contribution in [0.3, 0.4) is 0 Å². The van der Waals surface area contributed by atoms with E-state index < -0.39 is 20.2 Å². The Morgan fingerprint density at radius 1 is 1.10 bits per heavy atom. The fourth-order valence-corrected chi connectivity index (χ4v) is 3.28. The highest BCUT2D eigenvalue weighted by molar-refractivity contribution is 7.92. The SMILES string of the molecule is Cn1nccc1S(=O)(=O)Nc1cccc(NS(N)(=O)=O)c1. The summed E-state index contributed by atoms with van der Waals surface area (Å²) in [5, 5.41) is 8.61. The van der Waals surface area contributed by atoms with Crippen molar-refractivity contribution in [2.24, 2.45) is 12.2 Å². The number of hydrogen-bond acceptors (Lipinski definition) is 5. The van der Waals surface area contributed by atoms with Gasteiger partial charge in [-0.25, -0.2) is 5.14 Å². The van der Waals surface area contributed by atoms with Crippen LogP contribution in [-0.4, -0.2) is 26.6 Å². The molecule has 0 aliphatic heterocycles. The minimum atomic E-state index is -3.93. The second-order valence-corrected chi connectivity index (χ2v) is 7.05. The lowest BCUT2D eigenvalue weighted by molar-refractivity contribution is 0.582. The second-order valence-electron chi connectivity index (χ2n) is 4.13. The lowest BCUT2D eigenvalue weighted by atomic mass is 10.3. The van der Waals surface area contributed by atoms with Gasteiger partial charge >= 0.3 is 0 Å². The summed E-state index contributed by atoms with van der Waals surface area (Å²) in [5.74, 6) is 0. The fraction of sp³-hybridized carbons (Fsp3) is 0.100. The molecule has 11 heteroatoms. The number of aryl methyl sites for hydroxylation is 1. The molecular formula is C10H13N5O4S2. The van der Waals surface area contributed by atoms with Crippen LogP contribution in [0.15, 0.2) is 41.6 Å². The van der Waals surface area contributed by atoms with Gasteiger partial charge in [-0.05, 0) is 24.3 Å². The van der Waals surface area contributed by atoms with E-state index in [1.54, 1.807) is 0 Å². The average Bonchev–Trinajstić information content (AvgIpc) is 2.73. The Morgan fingerprint density at radius 2 is 1.71 bits per heavy atom. The lowest BCUT2D eigenvalue weighted by Gasteiger charge is -2.10. The van der Waals surface area contributed by atoms with Crippen LogP contribution in [0.25, 0.3) is 0 Å². The Kier molecular flexibility index (Phi) is 3.89. The molecular weight excluding hydrogens is 318 g/mol. The van der Waals surface area contributed by atoms with E-state index in [-0.39, 0.29) is 16.4 Å². The van der Waals surface area contributed by atoms with Crippen molar-refractivity contribution in [3.63, 3.8) is 0 Å². The first kappa shape index (κ1) is 15.3.